The van der Waals surface area contributed by atoms with Gasteiger partial charge in [-0.25, -0.2) is 14.4 Å². The molecule has 0 spiro atoms. The minimum atomic E-state index is -1.17. The van der Waals surface area contributed by atoms with Crippen LogP contribution in [0.1, 0.15) is 64.4 Å². The van der Waals surface area contributed by atoms with E-state index in [4.69, 9.17) is 25.7 Å². The van der Waals surface area contributed by atoms with Crippen molar-refractivity contribution in [2.75, 3.05) is 18.1 Å². The van der Waals surface area contributed by atoms with Crippen LogP contribution in [0.15, 0.2) is 66.7 Å². The van der Waals surface area contributed by atoms with Crippen molar-refractivity contribution in [2.45, 2.75) is 39.0 Å². The van der Waals surface area contributed by atoms with Crippen molar-refractivity contribution in [1.82, 2.24) is 0 Å². The molecule has 3 rings (SSSR count). The fraction of sp³-hybridized carbons (Fsp3) is 0.226. The van der Waals surface area contributed by atoms with Gasteiger partial charge in [-0.2, -0.15) is 0 Å². The molecule has 0 heterocycles. The van der Waals surface area contributed by atoms with Crippen LogP contribution in [-0.4, -0.2) is 35.6 Å². The van der Waals surface area contributed by atoms with Gasteiger partial charge in [0, 0.05) is 30.3 Å². The highest BCUT2D eigenvalue weighted by Crippen LogP contribution is 2.23. The molecule has 0 aromatic heterocycles. The minimum absolute atomic E-state index is 0.0381. The van der Waals surface area contributed by atoms with Gasteiger partial charge in [0.1, 0.15) is 11.5 Å². The third kappa shape index (κ3) is 9.54. The first-order valence-corrected chi connectivity index (χ1v) is 13.0. The molecule has 0 aliphatic heterocycles. The first-order chi connectivity index (χ1) is 19.7. The summed E-state index contributed by atoms with van der Waals surface area (Å²) in [7, 11) is 0. The van der Waals surface area contributed by atoms with E-state index >= 15 is 0 Å². The SMILES string of the molecule is CCCCCC(=O)Oc1ccc(OC(=O)/C=C/c2ccc(C(=O)OCCc3c(N)cc(N)cc3C(=O)O)cc2)cc1. The number of nitrogen functional groups attached to an aromatic ring is 2. The molecule has 41 heavy (non-hydrogen) atoms. The van der Waals surface area contributed by atoms with E-state index in [1.165, 1.54) is 48.6 Å². The average molecular weight is 561 g/mol. The molecule has 3 aromatic carbocycles. The van der Waals surface area contributed by atoms with E-state index in [0.717, 1.165) is 19.3 Å². The summed E-state index contributed by atoms with van der Waals surface area (Å²) >= 11 is 0. The smallest absolute Gasteiger partial charge is 0.338 e. The Morgan fingerprint density at radius 1 is 0.878 bits per heavy atom. The number of unbranched alkanes of at least 4 members (excludes halogenated alkanes) is 2. The fourth-order valence-electron chi connectivity index (χ4n) is 3.84. The van der Waals surface area contributed by atoms with Gasteiger partial charge in [-0.1, -0.05) is 31.9 Å². The monoisotopic (exact) mass is 560 g/mol. The molecule has 0 atom stereocenters. The molecule has 3 aromatic rings. The lowest BCUT2D eigenvalue weighted by atomic mass is 10.0. The summed E-state index contributed by atoms with van der Waals surface area (Å²) in [5.74, 6) is -2.02. The van der Waals surface area contributed by atoms with Gasteiger partial charge in [0.05, 0.1) is 17.7 Å². The summed E-state index contributed by atoms with van der Waals surface area (Å²) in [6.07, 6.45) is 6.00. The molecule has 0 aliphatic rings. The van der Waals surface area contributed by atoms with Gasteiger partial charge in [0.15, 0.2) is 0 Å². The number of esters is 3. The molecule has 0 unspecified atom stereocenters. The van der Waals surface area contributed by atoms with E-state index in [0.29, 0.717) is 29.0 Å². The number of rotatable bonds is 13. The van der Waals surface area contributed by atoms with E-state index in [-0.39, 0.29) is 41.5 Å². The first-order valence-electron chi connectivity index (χ1n) is 13.0. The Hall–Kier alpha value is -5.12. The van der Waals surface area contributed by atoms with Gasteiger partial charge < -0.3 is 30.8 Å². The van der Waals surface area contributed by atoms with Crippen LogP contribution < -0.4 is 20.9 Å². The van der Waals surface area contributed by atoms with Crippen molar-refractivity contribution in [3.63, 3.8) is 0 Å². The summed E-state index contributed by atoms with van der Waals surface area (Å²) in [6.45, 7) is 1.98. The molecule has 0 amide bonds. The lowest BCUT2D eigenvalue weighted by Crippen LogP contribution is -2.12. The Balaban J connectivity index is 1.47. The normalized spacial score (nSPS) is 10.8. The number of carbonyl (C=O) groups is 4. The number of ether oxygens (including phenoxy) is 3. The molecule has 0 bridgehead atoms. The molecule has 0 radical (unpaired) electrons. The maximum Gasteiger partial charge on any atom is 0.338 e. The Bertz CT molecular complexity index is 1410. The topological polar surface area (TPSA) is 168 Å². The number of carboxylic acid groups (broad SMARTS) is 1. The summed E-state index contributed by atoms with van der Waals surface area (Å²) in [6, 6.07) is 15.3. The zero-order valence-electron chi connectivity index (χ0n) is 22.6. The van der Waals surface area contributed by atoms with Crippen molar-refractivity contribution in [2.24, 2.45) is 0 Å². The second kappa shape index (κ2) is 14.9. The fourth-order valence-corrected chi connectivity index (χ4v) is 3.84. The zero-order chi connectivity index (χ0) is 29.8. The number of carbonyl (C=O) groups excluding carboxylic acids is 3. The quantitative estimate of drug-likeness (QED) is 0.0845. The first kappa shape index (κ1) is 30.4. The highest BCUT2D eigenvalue weighted by Gasteiger charge is 2.15. The summed E-state index contributed by atoms with van der Waals surface area (Å²) in [4.78, 5) is 47.9. The average Bonchev–Trinajstić information content (AvgIpc) is 2.94. The molecular formula is C31H32N2O8. The predicted octanol–water partition coefficient (Wildman–Crippen LogP) is 5.05. The van der Waals surface area contributed by atoms with Crippen LogP contribution in [0.4, 0.5) is 11.4 Å². The number of carboxylic acids is 1. The van der Waals surface area contributed by atoms with Crippen LogP contribution >= 0.6 is 0 Å². The summed E-state index contributed by atoms with van der Waals surface area (Å²) in [5.41, 5.74) is 13.2. The molecule has 0 fully saturated rings. The van der Waals surface area contributed by atoms with Crippen molar-refractivity contribution in [3.8, 4) is 11.5 Å². The highest BCUT2D eigenvalue weighted by atomic mass is 16.5. The number of aromatic carboxylic acids is 1. The van der Waals surface area contributed by atoms with Crippen molar-refractivity contribution >= 4 is 41.3 Å². The maximum absolute atomic E-state index is 12.4. The van der Waals surface area contributed by atoms with Gasteiger partial charge in [0.2, 0.25) is 0 Å². The molecule has 0 saturated heterocycles. The third-order valence-electron chi connectivity index (χ3n) is 5.94. The summed E-state index contributed by atoms with van der Waals surface area (Å²) < 4.78 is 15.8. The van der Waals surface area contributed by atoms with E-state index < -0.39 is 17.9 Å². The lowest BCUT2D eigenvalue weighted by molar-refractivity contribution is -0.134. The Morgan fingerprint density at radius 2 is 1.54 bits per heavy atom. The molecule has 5 N–H and O–H groups in total. The van der Waals surface area contributed by atoms with E-state index in [1.807, 2.05) is 0 Å². The third-order valence-corrected chi connectivity index (χ3v) is 5.94. The van der Waals surface area contributed by atoms with Crippen molar-refractivity contribution < 1.29 is 38.5 Å². The van der Waals surface area contributed by atoms with Gasteiger partial charge >= 0.3 is 23.9 Å². The van der Waals surface area contributed by atoms with E-state index in [1.54, 1.807) is 24.3 Å². The number of anilines is 2. The molecule has 0 aliphatic carbocycles. The van der Waals surface area contributed by atoms with Gasteiger partial charge in [-0.3, -0.25) is 4.79 Å². The second-order valence-electron chi connectivity index (χ2n) is 9.11. The number of hydrogen-bond acceptors (Lipinski definition) is 9. The van der Waals surface area contributed by atoms with Crippen LogP contribution in [0.2, 0.25) is 0 Å². The zero-order valence-corrected chi connectivity index (χ0v) is 22.6. The Labute approximate surface area is 237 Å². The van der Waals surface area contributed by atoms with Crippen LogP contribution in [0.3, 0.4) is 0 Å². The van der Waals surface area contributed by atoms with Crippen LogP contribution in [0.5, 0.6) is 11.5 Å². The summed E-state index contributed by atoms with van der Waals surface area (Å²) in [5, 5.41) is 9.37. The number of nitrogens with two attached hydrogens (primary N) is 2. The number of hydrogen-bond donors (Lipinski definition) is 3. The van der Waals surface area contributed by atoms with E-state index in [9.17, 15) is 24.3 Å². The van der Waals surface area contributed by atoms with E-state index in [2.05, 4.69) is 6.92 Å². The predicted molar refractivity (Wildman–Crippen MR) is 154 cm³/mol. The van der Waals surface area contributed by atoms with Gasteiger partial charge in [-0.05, 0) is 72.2 Å². The van der Waals surface area contributed by atoms with Gasteiger partial charge in [-0.15, -0.1) is 0 Å². The minimum Gasteiger partial charge on any atom is -0.478 e. The van der Waals surface area contributed by atoms with Crippen LogP contribution in [-0.2, 0) is 20.7 Å². The maximum atomic E-state index is 12.4. The Kier molecular flexibility index (Phi) is 11.0. The van der Waals surface area contributed by atoms with Crippen LogP contribution in [0.25, 0.3) is 6.08 Å². The number of benzene rings is 3. The van der Waals surface area contributed by atoms with Crippen molar-refractivity contribution in [3.05, 3.63) is 89.0 Å². The highest BCUT2D eigenvalue weighted by molar-refractivity contribution is 5.93. The molecule has 10 nitrogen and oxygen atoms in total. The molecule has 10 heteroatoms. The second-order valence-corrected chi connectivity index (χ2v) is 9.11. The van der Waals surface area contributed by atoms with Crippen LogP contribution in [0, 0.1) is 0 Å². The van der Waals surface area contributed by atoms with Crippen molar-refractivity contribution in [1.29, 1.82) is 0 Å². The molecule has 214 valence electrons. The van der Waals surface area contributed by atoms with Gasteiger partial charge in [0.25, 0.3) is 0 Å². The Morgan fingerprint density at radius 3 is 2.17 bits per heavy atom. The molecule has 0 saturated carbocycles. The largest absolute Gasteiger partial charge is 0.478 e. The lowest BCUT2D eigenvalue weighted by Gasteiger charge is -2.11. The molecular weight excluding hydrogens is 528 g/mol. The standard InChI is InChI=1S/C31H32N2O8/c1-2-3-4-5-28(34)40-23-11-13-24(14-12-23)41-29(35)15-8-20-6-9-21(10-7-20)31(38)39-17-16-25-26(30(36)37)18-22(32)19-27(25)33/h6-15,18-19H,2-5,16-17,32-33H2,1H3,(H,36,37)/b15-8+.